The number of nitrogens with zero attached hydrogens (tertiary/aromatic N) is 7. The molecular weight excluding hydrogens is 1030 g/mol. The highest BCUT2D eigenvalue weighted by Gasteiger charge is 2.54. The lowest BCUT2D eigenvalue weighted by Crippen LogP contribution is -2.68. The monoisotopic (exact) mass is 1100 g/mol. The molecule has 4 saturated heterocycles. The fourth-order valence-electron chi connectivity index (χ4n) is 11.0. The number of nitrogens with one attached hydrogen (secondary N) is 2. The van der Waals surface area contributed by atoms with Gasteiger partial charge in [-0.05, 0) is 74.1 Å². The number of fused-ring (bicyclic) bond motifs is 2. The summed E-state index contributed by atoms with van der Waals surface area (Å²) in [5.74, 6) is 2.00. The zero-order valence-corrected chi connectivity index (χ0v) is 43.3. The molecule has 0 bridgehead atoms. The van der Waals surface area contributed by atoms with E-state index in [1.54, 1.807) is 6.20 Å². The summed E-state index contributed by atoms with van der Waals surface area (Å²) in [6.07, 6.45) is -18.7. The molecule has 428 valence electrons. The highest BCUT2D eigenvalue weighted by atomic mass is 16.8. The minimum atomic E-state index is -1.65. The molecule has 3 aromatic carbocycles. The molecule has 0 spiro atoms. The van der Waals surface area contributed by atoms with E-state index >= 15 is 0 Å². The highest BCUT2D eigenvalue weighted by molar-refractivity contribution is 5.87. The van der Waals surface area contributed by atoms with Crippen LogP contribution in [0, 0.1) is 0 Å². The Morgan fingerprint density at radius 1 is 0.608 bits per heavy atom. The number of hydrogen-bond acceptors (Lipinski definition) is 25. The second-order valence-corrected chi connectivity index (χ2v) is 21.2. The number of aliphatic hydroxyl groups excluding tert-OH is 6. The summed E-state index contributed by atoms with van der Waals surface area (Å²) in [6.45, 7) is 3.57. The molecule has 7 heterocycles. The van der Waals surface area contributed by atoms with E-state index in [9.17, 15) is 30.6 Å². The number of H-pyrrole nitrogens is 2. The average molecular weight is 1100 g/mol. The molecule has 5 aliphatic rings. The maximum atomic E-state index is 12.0. The third kappa shape index (κ3) is 11.3. The molecular formula is C51H71N15O13. The number of benzene rings is 3. The molecule has 3 aromatic heterocycles. The van der Waals surface area contributed by atoms with Gasteiger partial charge in [0.2, 0.25) is 0 Å². The van der Waals surface area contributed by atoms with Gasteiger partial charge in [-0.25, -0.2) is 14.6 Å². The summed E-state index contributed by atoms with van der Waals surface area (Å²) < 4.78 is 44.3. The van der Waals surface area contributed by atoms with Crippen LogP contribution in [0.25, 0.3) is 44.8 Å². The van der Waals surface area contributed by atoms with Gasteiger partial charge in [0.15, 0.2) is 18.9 Å². The standard InChI is InChI=1S/C51H71N15O13/c1-64-10-12-65(13-11-64)25-5-9-30-32(15-25)61-48(59-30)23-4-8-29-31(14-23)60-47(58-29)22-2-6-26(7-3-22)73-21-24-19-66(63-62-24)20-35-45(78-50-37(57)42(71)40(69)34(18-53)75-50)43(72)51(76-35)79-46-38(67)27(54)16-28(55)44(46)77-49-36(56)41(70)39(68)33(17-52)74-49/h2-9,14-15,19,27-28,33-46,49-51,67-72H,10-13,16-18,20-21,52-57H2,1H3,(H,58,60)(H,59,61)/t27-,28?,33?,34+,35-,36?,37?,38?,39-,40-,41-,42?,43+,44-,45+,46-,49+,50-,51?/m1/s1. The normalized spacial score (nSPS) is 35.7. The van der Waals surface area contributed by atoms with Crippen molar-refractivity contribution in [2.75, 3.05) is 51.2 Å². The number of piperazine rings is 1. The van der Waals surface area contributed by atoms with E-state index in [0.29, 0.717) is 17.3 Å². The van der Waals surface area contributed by atoms with Crippen LogP contribution in [0.2, 0.25) is 0 Å². The average Bonchev–Trinajstić information content (AvgIpc) is 4.39. The Morgan fingerprint density at radius 2 is 1.18 bits per heavy atom. The van der Waals surface area contributed by atoms with Gasteiger partial charge in [-0.1, -0.05) is 5.21 Å². The number of ether oxygens (including phenoxy) is 7. The zero-order chi connectivity index (χ0) is 55.4. The van der Waals surface area contributed by atoms with E-state index in [-0.39, 0.29) is 32.7 Å². The third-order valence-electron chi connectivity index (χ3n) is 15.7. The van der Waals surface area contributed by atoms with Crippen molar-refractivity contribution in [1.29, 1.82) is 0 Å². The minimum Gasteiger partial charge on any atom is -0.487 e. The molecule has 28 nitrogen and oxygen atoms in total. The predicted octanol–water partition coefficient (Wildman–Crippen LogP) is -4.18. The van der Waals surface area contributed by atoms with Gasteiger partial charge in [0.25, 0.3) is 0 Å². The van der Waals surface area contributed by atoms with Crippen molar-refractivity contribution < 1.29 is 63.8 Å². The minimum absolute atomic E-state index is 0.0227. The second-order valence-electron chi connectivity index (χ2n) is 21.2. The number of anilines is 1. The summed E-state index contributed by atoms with van der Waals surface area (Å²) in [7, 11) is 2.15. The number of nitrogens with two attached hydrogens (primary N) is 6. The first-order valence-corrected chi connectivity index (χ1v) is 26.5. The van der Waals surface area contributed by atoms with Crippen LogP contribution < -0.4 is 44.0 Å². The highest BCUT2D eigenvalue weighted by Crippen LogP contribution is 2.36. The number of rotatable bonds is 16. The first kappa shape index (κ1) is 55.5. The Kier molecular flexibility index (Phi) is 16.3. The smallest absolute Gasteiger partial charge is 0.187 e. The number of aromatic nitrogens is 7. The number of aliphatic hydroxyl groups is 6. The largest absolute Gasteiger partial charge is 0.487 e. The lowest BCUT2D eigenvalue weighted by Gasteiger charge is -2.47. The van der Waals surface area contributed by atoms with Crippen molar-refractivity contribution in [3.63, 3.8) is 0 Å². The van der Waals surface area contributed by atoms with E-state index in [0.717, 1.165) is 65.2 Å². The molecule has 4 aliphatic heterocycles. The number of aromatic amines is 2. The number of hydrogen-bond donors (Lipinski definition) is 14. The lowest BCUT2D eigenvalue weighted by molar-refractivity contribution is -0.306. The van der Waals surface area contributed by atoms with E-state index in [2.05, 4.69) is 55.3 Å². The zero-order valence-electron chi connectivity index (χ0n) is 43.3. The summed E-state index contributed by atoms with van der Waals surface area (Å²) >= 11 is 0. The lowest BCUT2D eigenvalue weighted by atomic mass is 9.84. The van der Waals surface area contributed by atoms with Crippen LogP contribution in [0.5, 0.6) is 5.75 Å². The molecule has 1 aliphatic carbocycles. The van der Waals surface area contributed by atoms with Gasteiger partial charge in [-0.3, -0.25) is 0 Å². The van der Waals surface area contributed by atoms with Gasteiger partial charge in [0, 0.05) is 68.2 Å². The molecule has 0 amide bonds. The van der Waals surface area contributed by atoms with E-state index < -0.39 is 116 Å². The summed E-state index contributed by atoms with van der Waals surface area (Å²) in [5, 5.41) is 74.5. The molecule has 79 heavy (non-hydrogen) atoms. The van der Waals surface area contributed by atoms with Crippen molar-refractivity contribution in [2.24, 2.45) is 34.4 Å². The van der Waals surface area contributed by atoms with Gasteiger partial charge in [0.1, 0.15) is 96.8 Å². The molecule has 20 N–H and O–H groups in total. The summed E-state index contributed by atoms with van der Waals surface area (Å²) in [5.41, 5.74) is 43.9. The Balaban J connectivity index is 0.754. The van der Waals surface area contributed by atoms with E-state index in [4.69, 9.17) is 77.5 Å². The molecule has 11 rings (SSSR count). The Labute approximate surface area is 452 Å². The summed E-state index contributed by atoms with van der Waals surface area (Å²) in [4.78, 5) is 21.4. The molecule has 6 aromatic rings. The van der Waals surface area contributed by atoms with Crippen LogP contribution >= 0.6 is 0 Å². The first-order valence-electron chi connectivity index (χ1n) is 26.5. The molecule has 5 fully saturated rings. The maximum absolute atomic E-state index is 12.0. The van der Waals surface area contributed by atoms with Crippen molar-refractivity contribution in [1.82, 2.24) is 39.8 Å². The summed E-state index contributed by atoms with van der Waals surface area (Å²) in [6, 6.07) is 15.5. The molecule has 19 atom stereocenters. The van der Waals surface area contributed by atoms with E-state index in [1.165, 1.54) is 10.4 Å². The van der Waals surface area contributed by atoms with Crippen LogP contribution in [0.3, 0.4) is 0 Å². The number of likely N-dealkylation sites (N-methyl/N-ethyl adjacent to an activating group) is 1. The van der Waals surface area contributed by atoms with Crippen molar-refractivity contribution in [3.8, 4) is 28.5 Å². The van der Waals surface area contributed by atoms with Crippen molar-refractivity contribution in [2.45, 2.75) is 136 Å². The molecule has 1 saturated carbocycles. The SMILES string of the molecule is CN1CCN(c2ccc3nc(-c4ccc5nc(-c6ccc(OCc7cn(C[C@H]8OC(O[C@@H]9C(O)[C@H](N)CC(N)[C@H]9O[C@@H]9OC(CN)[C@@H](O)[C@H](O)C9N)[C@@H](O)[C@H]8O[C@H]8O[C@@H](CN)[C@@H](O)C(O)C8N)nn7)cc6)[nH]c5c4)[nH]c3c2)CC1. The van der Waals surface area contributed by atoms with Crippen LogP contribution in [0.15, 0.2) is 66.9 Å². The van der Waals surface area contributed by atoms with Crippen LogP contribution in [0.4, 0.5) is 5.69 Å². The topological polar surface area (TPSA) is 437 Å². The maximum Gasteiger partial charge on any atom is 0.187 e. The van der Waals surface area contributed by atoms with Gasteiger partial charge < -0.3 is 118 Å². The van der Waals surface area contributed by atoms with Gasteiger partial charge in [-0.2, -0.15) is 0 Å². The first-order chi connectivity index (χ1) is 38.0. The van der Waals surface area contributed by atoms with Crippen molar-refractivity contribution in [3.05, 3.63) is 72.6 Å². The van der Waals surface area contributed by atoms with E-state index in [1.807, 2.05) is 42.5 Å². The van der Waals surface area contributed by atoms with Gasteiger partial charge in [0.05, 0.1) is 53.0 Å². The predicted molar refractivity (Wildman–Crippen MR) is 282 cm³/mol. The molecule has 7 unspecified atom stereocenters. The Bertz CT molecular complexity index is 3000. The van der Waals surface area contributed by atoms with Crippen LogP contribution in [-0.4, -0.2) is 233 Å². The van der Waals surface area contributed by atoms with Crippen molar-refractivity contribution >= 4 is 27.8 Å². The molecule has 0 radical (unpaired) electrons. The van der Waals surface area contributed by atoms with Crippen LogP contribution in [0.1, 0.15) is 12.1 Å². The number of imidazole rings is 2. The molecule has 28 heteroatoms. The Morgan fingerprint density at radius 3 is 1.82 bits per heavy atom. The quantitative estimate of drug-likeness (QED) is 0.0437. The fourth-order valence-corrected chi connectivity index (χ4v) is 11.0. The Hall–Kier alpha value is -5.42. The fraction of sp³-hybridized carbons (Fsp3) is 0.569. The van der Waals surface area contributed by atoms with Gasteiger partial charge in [-0.15, -0.1) is 5.10 Å². The van der Waals surface area contributed by atoms with Gasteiger partial charge >= 0.3 is 0 Å². The third-order valence-corrected chi connectivity index (χ3v) is 15.7. The van der Waals surface area contributed by atoms with Crippen LogP contribution in [-0.2, 0) is 41.6 Å². The second kappa shape index (κ2) is 23.2.